The van der Waals surface area contributed by atoms with Gasteiger partial charge in [-0.05, 0) is 49.2 Å². The van der Waals surface area contributed by atoms with E-state index in [1.54, 1.807) is 7.05 Å². The molecule has 1 atom stereocenters. The van der Waals surface area contributed by atoms with Crippen LogP contribution < -0.4 is 5.32 Å². The molecule has 2 amide bonds. The van der Waals surface area contributed by atoms with Crippen molar-refractivity contribution in [3.8, 4) is 0 Å². The molecule has 8 heteroatoms. The summed E-state index contributed by atoms with van der Waals surface area (Å²) < 4.78 is 1.05. The van der Waals surface area contributed by atoms with Gasteiger partial charge in [0.15, 0.2) is 5.17 Å². The van der Waals surface area contributed by atoms with Crippen molar-refractivity contribution in [2.75, 3.05) is 12.4 Å². The van der Waals surface area contributed by atoms with Crippen LogP contribution in [0.25, 0.3) is 10.2 Å². The predicted molar refractivity (Wildman–Crippen MR) is 120 cm³/mol. The zero-order valence-corrected chi connectivity index (χ0v) is 17.9. The highest BCUT2D eigenvalue weighted by Crippen LogP contribution is 2.33. The van der Waals surface area contributed by atoms with E-state index in [1.807, 2.05) is 56.3 Å². The molecule has 0 spiro atoms. The normalized spacial score (nSPS) is 18.0. The lowest BCUT2D eigenvalue weighted by Gasteiger charge is -2.10. The van der Waals surface area contributed by atoms with Crippen LogP contribution in [0.15, 0.2) is 47.5 Å². The molecule has 1 aromatic heterocycles. The molecule has 1 aliphatic rings. The second kappa shape index (κ2) is 7.96. The van der Waals surface area contributed by atoms with E-state index in [1.165, 1.54) is 33.6 Å². The largest absolute Gasteiger partial charge is 0.326 e. The molecule has 0 saturated carbocycles. The van der Waals surface area contributed by atoms with Gasteiger partial charge in [-0.3, -0.25) is 14.5 Å². The molecule has 0 bridgehead atoms. The fraction of sp³-hybridized carbons (Fsp3) is 0.238. The topological polar surface area (TPSA) is 74.7 Å². The van der Waals surface area contributed by atoms with Crippen LogP contribution in [0.3, 0.4) is 0 Å². The summed E-state index contributed by atoms with van der Waals surface area (Å²) in [6.45, 7) is 4.03. The molecular formula is C21H20N4O2S2. The van der Waals surface area contributed by atoms with Gasteiger partial charge in [-0.15, -0.1) is 0 Å². The lowest BCUT2D eigenvalue weighted by Crippen LogP contribution is -2.30. The highest BCUT2D eigenvalue weighted by Gasteiger charge is 2.37. The van der Waals surface area contributed by atoms with E-state index in [9.17, 15) is 9.59 Å². The van der Waals surface area contributed by atoms with Crippen molar-refractivity contribution in [1.82, 2.24) is 9.88 Å². The van der Waals surface area contributed by atoms with Crippen LogP contribution in [0.4, 0.5) is 10.8 Å². The van der Waals surface area contributed by atoms with Crippen molar-refractivity contribution in [2.24, 2.45) is 4.99 Å². The number of hydrogen-bond donors (Lipinski definition) is 1. The van der Waals surface area contributed by atoms with Gasteiger partial charge in [0.25, 0.3) is 0 Å². The maximum absolute atomic E-state index is 12.6. The van der Waals surface area contributed by atoms with Crippen molar-refractivity contribution in [2.45, 2.75) is 25.5 Å². The first kappa shape index (κ1) is 19.6. The minimum absolute atomic E-state index is 0.0969. The quantitative estimate of drug-likeness (QED) is 0.669. The lowest BCUT2D eigenvalue weighted by molar-refractivity contribution is -0.127. The monoisotopic (exact) mass is 424 g/mol. The summed E-state index contributed by atoms with van der Waals surface area (Å²) in [6, 6.07) is 13.6. The van der Waals surface area contributed by atoms with E-state index in [0.717, 1.165) is 21.5 Å². The van der Waals surface area contributed by atoms with Crippen LogP contribution in [-0.4, -0.2) is 39.2 Å². The van der Waals surface area contributed by atoms with Crippen LogP contribution in [0.2, 0.25) is 0 Å². The number of thiazole rings is 1. The molecule has 1 fully saturated rings. The molecule has 148 valence electrons. The molecule has 29 heavy (non-hydrogen) atoms. The SMILES string of the molecule is Cc1ccc(NC(=O)CC2SC(=Nc3nc4ccccc4s3)N(C)C2=O)cc1C. The Labute approximate surface area is 177 Å². The average Bonchev–Trinajstić information content (AvgIpc) is 3.21. The van der Waals surface area contributed by atoms with Crippen LogP contribution in [-0.2, 0) is 9.59 Å². The predicted octanol–water partition coefficient (Wildman–Crippen LogP) is 4.50. The summed E-state index contributed by atoms with van der Waals surface area (Å²) in [7, 11) is 1.68. The Morgan fingerprint density at radius 1 is 1.21 bits per heavy atom. The minimum atomic E-state index is -0.486. The van der Waals surface area contributed by atoms with Crippen LogP contribution in [0, 0.1) is 13.8 Å². The Hall–Kier alpha value is -2.71. The van der Waals surface area contributed by atoms with Crippen LogP contribution >= 0.6 is 23.1 Å². The zero-order chi connectivity index (χ0) is 20.5. The second-order valence-corrected chi connectivity index (χ2v) is 9.09. The molecule has 1 saturated heterocycles. The van der Waals surface area contributed by atoms with E-state index in [-0.39, 0.29) is 18.2 Å². The first-order valence-electron chi connectivity index (χ1n) is 9.16. The summed E-state index contributed by atoms with van der Waals surface area (Å²) in [5, 5.41) is 3.57. The lowest BCUT2D eigenvalue weighted by atomic mass is 10.1. The van der Waals surface area contributed by atoms with Gasteiger partial charge in [0.2, 0.25) is 16.9 Å². The molecular weight excluding hydrogens is 404 g/mol. The van der Waals surface area contributed by atoms with Gasteiger partial charge >= 0.3 is 0 Å². The van der Waals surface area contributed by atoms with Gasteiger partial charge in [-0.25, -0.2) is 4.98 Å². The molecule has 6 nitrogen and oxygen atoms in total. The van der Waals surface area contributed by atoms with Crippen molar-refractivity contribution in [1.29, 1.82) is 0 Å². The standard InChI is InChI=1S/C21H20N4O2S2/c1-12-8-9-14(10-13(12)2)22-18(26)11-17-19(27)25(3)21(29-17)24-20-23-15-6-4-5-7-16(15)28-20/h4-10,17H,11H2,1-3H3,(H,22,26). The number of anilines is 1. The third kappa shape index (κ3) is 4.18. The maximum Gasteiger partial charge on any atom is 0.242 e. The summed E-state index contributed by atoms with van der Waals surface area (Å²) >= 11 is 2.79. The Morgan fingerprint density at radius 3 is 2.76 bits per heavy atom. The summed E-state index contributed by atoms with van der Waals surface area (Å²) in [5.74, 6) is -0.307. The number of amidine groups is 1. The second-order valence-electron chi connectivity index (χ2n) is 6.91. The molecule has 2 aromatic carbocycles. The van der Waals surface area contributed by atoms with Crippen molar-refractivity contribution in [3.63, 3.8) is 0 Å². The first-order chi connectivity index (χ1) is 13.9. The van der Waals surface area contributed by atoms with Gasteiger partial charge in [0, 0.05) is 19.2 Å². The molecule has 0 aliphatic carbocycles. The zero-order valence-electron chi connectivity index (χ0n) is 16.3. The molecule has 4 rings (SSSR count). The van der Waals surface area contributed by atoms with E-state index < -0.39 is 5.25 Å². The number of benzene rings is 2. The molecule has 0 radical (unpaired) electrons. The molecule has 1 aliphatic heterocycles. The Bertz CT molecular complexity index is 1110. The van der Waals surface area contributed by atoms with Gasteiger partial charge in [-0.1, -0.05) is 41.3 Å². The average molecular weight is 425 g/mol. The highest BCUT2D eigenvalue weighted by molar-refractivity contribution is 8.15. The third-order valence-electron chi connectivity index (χ3n) is 4.78. The van der Waals surface area contributed by atoms with Gasteiger partial charge in [0.05, 0.1) is 10.2 Å². The summed E-state index contributed by atoms with van der Waals surface area (Å²) in [5.41, 5.74) is 3.91. The molecule has 2 heterocycles. The summed E-state index contributed by atoms with van der Waals surface area (Å²) in [6.07, 6.45) is 0.0969. The van der Waals surface area contributed by atoms with Crippen molar-refractivity contribution >= 4 is 61.1 Å². The fourth-order valence-corrected chi connectivity index (χ4v) is 5.02. The Morgan fingerprint density at radius 2 is 2.00 bits per heavy atom. The number of aliphatic imine (C=N–C) groups is 1. The number of nitrogens with zero attached hydrogens (tertiary/aromatic N) is 3. The number of aryl methyl sites for hydroxylation is 2. The maximum atomic E-state index is 12.6. The number of para-hydroxylation sites is 1. The highest BCUT2D eigenvalue weighted by atomic mass is 32.2. The Kier molecular flexibility index (Phi) is 5.38. The van der Waals surface area contributed by atoms with Crippen molar-refractivity contribution in [3.05, 3.63) is 53.6 Å². The first-order valence-corrected chi connectivity index (χ1v) is 10.9. The van der Waals surface area contributed by atoms with E-state index in [4.69, 9.17) is 0 Å². The molecule has 1 unspecified atom stereocenters. The van der Waals surface area contributed by atoms with Crippen molar-refractivity contribution < 1.29 is 9.59 Å². The molecule has 1 N–H and O–H groups in total. The number of hydrogen-bond acceptors (Lipinski definition) is 6. The number of thioether (sulfide) groups is 1. The number of rotatable bonds is 4. The fourth-order valence-electron chi connectivity index (χ4n) is 2.99. The van der Waals surface area contributed by atoms with Gasteiger partial charge in [0.1, 0.15) is 5.25 Å². The van der Waals surface area contributed by atoms with E-state index in [0.29, 0.717) is 10.3 Å². The summed E-state index contributed by atoms with van der Waals surface area (Å²) in [4.78, 5) is 35.6. The van der Waals surface area contributed by atoms with Crippen LogP contribution in [0.5, 0.6) is 0 Å². The number of aromatic nitrogens is 1. The Balaban J connectivity index is 1.45. The van der Waals surface area contributed by atoms with E-state index in [2.05, 4.69) is 15.3 Å². The smallest absolute Gasteiger partial charge is 0.242 e. The van der Waals surface area contributed by atoms with Gasteiger partial charge in [-0.2, -0.15) is 4.99 Å². The third-order valence-corrected chi connectivity index (χ3v) is 6.94. The van der Waals surface area contributed by atoms with Gasteiger partial charge < -0.3 is 5.32 Å². The minimum Gasteiger partial charge on any atom is -0.326 e. The number of nitrogens with one attached hydrogen (secondary N) is 1. The van der Waals surface area contributed by atoms with Crippen LogP contribution in [0.1, 0.15) is 17.5 Å². The number of fused-ring (bicyclic) bond motifs is 1. The number of carbonyl (C=O) groups excluding carboxylic acids is 2. The van der Waals surface area contributed by atoms with E-state index >= 15 is 0 Å². The number of amides is 2. The number of carbonyl (C=O) groups is 2. The molecule has 3 aromatic rings.